The van der Waals surface area contributed by atoms with Crippen LogP contribution in [-0.2, 0) is 24.4 Å². The highest BCUT2D eigenvalue weighted by Gasteiger charge is 2.35. The van der Waals surface area contributed by atoms with Crippen molar-refractivity contribution in [1.82, 2.24) is 19.4 Å². The van der Waals surface area contributed by atoms with E-state index < -0.39 is 17.5 Å². The fraction of sp³-hybridized carbons (Fsp3) is 0.356. The Labute approximate surface area is 339 Å². The normalized spacial score (nSPS) is 16.3. The summed E-state index contributed by atoms with van der Waals surface area (Å²) in [6, 6.07) is 18.6. The van der Waals surface area contributed by atoms with Crippen LogP contribution in [0, 0.1) is 11.6 Å². The van der Waals surface area contributed by atoms with E-state index in [0.717, 1.165) is 54.1 Å². The lowest BCUT2D eigenvalue weighted by atomic mass is 9.97. The van der Waals surface area contributed by atoms with E-state index >= 15 is 0 Å². The highest BCUT2D eigenvalue weighted by atomic mass is 35.5. The first-order valence-corrected chi connectivity index (χ1v) is 19.9. The average Bonchev–Trinajstić information content (AvgIpc) is 3.52. The Hall–Kier alpha value is -5.10. The number of pyridine rings is 1. The smallest absolute Gasteiger partial charge is 0.255 e. The fourth-order valence-corrected chi connectivity index (χ4v) is 6.76. The molecule has 5 aromatic rings. The molecule has 2 aliphatic rings. The zero-order valence-electron chi connectivity index (χ0n) is 33.7. The van der Waals surface area contributed by atoms with Gasteiger partial charge >= 0.3 is 0 Å². The van der Waals surface area contributed by atoms with Crippen molar-refractivity contribution in [2.24, 2.45) is 0 Å². The monoisotopic (exact) mass is 798 g/mol. The number of hydrogen-bond acceptors (Lipinski definition) is 7. The average molecular weight is 799 g/mol. The van der Waals surface area contributed by atoms with Gasteiger partial charge in [0.2, 0.25) is 5.88 Å². The lowest BCUT2D eigenvalue weighted by Crippen LogP contribution is -2.44. The third-order valence-corrected chi connectivity index (χ3v) is 9.85. The van der Waals surface area contributed by atoms with Gasteiger partial charge in [-0.3, -0.25) is 9.69 Å². The molecule has 1 unspecified atom stereocenters. The zero-order chi connectivity index (χ0) is 41.1. The molecule has 0 saturated carbocycles. The molecule has 2 aromatic heterocycles. The summed E-state index contributed by atoms with van der Waals surface area (Å²) in [5.74, 6) is -0.0585. The van der Waals surface area contributed by atoms with Gasteiger partial charge in [-0.1, -0.05) is 76.6 Å². The molecule has 57 heavy (non-hydrogen) atoms. The predicted octanol–water partition coefficient (Wildman–Crippen LogP) is 10.8. The second-order valence-electron chi connectivity index (χ2n) is 14.0. The third-order valence-electron chi connectivity index (χ3n) is 9.61. The van der Waals surface area contributed by atoms with E-state index in [1.807, 2.05) is 44.2 Å². The van der Waals surface area contributed by atoms with E-state index in [-0.39, 0.29) is 23.5 Å². The number of nitrogens with zero attached hydrogens (tertiary/aromatic N) is 4. The van der Waals surface area contributed by atoms with Gasteiger partial charge in [0.15, 0.2) is 0 Å². The molecule has 2 N–H and O–H groups in total. The SMILES string of the molecule is C=Cc1cc(C(=O)Nc2ccc3c(c2)nc(CN2CC=C(c4cccc(OCc5ccc(Cl)cc5F)n4)CC2)n3CC2(C)CCO2)cc(F)c1NC.CC.CCC. The third kappa shape index (κ3) is 10.7. The Morgan fingerprint density at radius 2 is 1.84 bits per heavy atom. The number of aromatic nitrogens is 3. The topological polar surface area (TPSA) is 93.5 Å². The number of nitrogens with one attached hydrogen (secondary N) is 2. The molecular formula is C45H53ClF2N6O3. The van der Waals surface area contributed by atoms with E-state index in [2.05, 4.69) is 53.5 Å². The summed E-state index contributed by atoms with van der Waals surface area (Å²) in [6.07, 6.45) is 6.67. The Bertz CT molecular complexity index is 2220. The van der Waals surface area contributed by atoms with Crippen molar-refractivity contribution in [3.63, 3.8) is 0 Å². The molecule has 7 rings (SSSR count). The molecule has 9 nitrogen and oxygen atoms in total. The summed E-state index contributed by atoms with van der Waals surface area (Å²) in [5, 5.41) is 6.05. The zero-order valence-corrected chi connectivity index (χ0v) is 34.5. The van der Waals surface area contributed by atoms with Crippen molar-refractivity contribution < 1.29 is 23.0 Å². The Kier molecular flexibility index (Phi) is 15.0. The number of halogens is 3. The standard InChI is InChI=1S/C40H39ClF2N6O3.C3H8.C2H6/c1-4-25-18-28(19-32(43)38(25)44-3)39(50)45-30-10-11-35-34(21-30)46-36(49(35)24-40(2)14-17-52-40)22-48-15-12-26(13-16-48)33-6-5-7-37(47-33)51-23-27-8-9-29(41)20-31(27)42;1-3-2;1-2/h4-12,18-21,44H,1,13-17,22-24H2,2-3H3,(H,45,50);3H2,1-2H3;1-2H3. The van der Waals surface area contributed by atoms with Crippen molar-refractivity contribution in [2.45, 2.75) is 79.2 Å². The highest BCUT2D eigenvalue weighted by Crippen LogP contribution is 2.32. The molecule has 1 amide bonds. The number of ether oxygens (including phenoxy) is 2. The maximum absolute atomic E-state index is 14.7. The van der Waals surface area contributed by atoms with Crippen molar-refractivity contribution in [3.8, 4) is 5.88 Å². The maximum atomic E-state index is 14.7. The molecule has 0 aliphatic carbocycles. The molecule has 1 atom stereocenters. The van der Waals surface area contributed by atoms with Crippen LogP contribution < -0.4 is 15.4 Å². The molecule has 2 aliphatic heterocycles. The van der Waals surface area contributed by atoms with Crippen molar-refractivity contribution in [1.29, 1.82) is 0 Å². The van der Waals surface area contributed by atoms with Gasteiger partial charge < -0.3 is 24.7 Å². The first-order chi connectivity index (χ1) is 27.5. The minimum Gasteiger partial charge on any atom is -0.473 e. The summed E-state index contributed by atoms with van der Waals surface area (Å²) in [5.41, 5.74) is 5.28. The number of fused-ring (bicyclic) bond motifs is 1. The van der Waals surface area contributed by atoms with E-state index in [1.165, 1.54) is 24.6 Å². The summed E-state index contributed by atoms with van der Waals surface area (Å²) in [7, 11) is 1.62. The summed E-state index contributed by atoms with van der Waals surface area (Å²) < 4.78 is 42.9. The van der Waals surface area contributed by atoms with E-state index in [9.17, 15) is 13.6 Å². The quantitative estimate of drug-likeness (QED) is 0.130. The van der Waals surface area contributed by atoms with Crippen molar-refractivity contribution in [2.75, 3.05) is 37.4 Å². The second-order valence-corrected chi connectivity index (χ2v) is 14.4. The van der Waals surface area contributed by atoms with E-state index in [1.54, 1.807) is 31.3 Å². The summed E-state index contributed by atoms with van der Waals surface area (Å²) in [6.45, 7) is 17.6. The largest absolute Gasteiger partial charge is 0.473 e. The fourth-order valence-electron chi connectivity index (χ4n) is 6.60. The van der Waals surface area contributed by atoms with Crippen LogP contribution >= 0.6 is 11.6 Å². The molecule has 302 valence electrons. The molecular weight excluding hydrogens is 746 g/mol. The van der Waals surface area contributed by atoms with Gasteiger partial charge in [0, 0.05) is 60.0 Å². The molecule has 3 aromatic carbocycles. The number of carbonyl (C=O) groups is 1. The Morgan fingerprint density at radius 1 is 1.07 bits per heavy atom. The molecule has 1 fully saturated rings. The Balaban J connectivity index is 0.00000118. The van der Waals surface area contributed by atoms with Crippen LogP contribution in [-0.4, -0.2) is 57.7 Å². The van der Waals surface area contributed by atoms with Gasteiger partial charge in [0.1, 0.15) is 24.1 Å². The minimum atomic E-state index is -0.530. The van der Waals surface area contributed by atoms with Crippen LogP contribution in [0.25, 0.3) is 22.7 Å². The van der Waals surface area contributed by atoms with Crippen molar-refractivity contribution in [3.05, 3.63) is 124 Å². The van der Waals surface area contributed by atoms with Crippen LogP contribution in [0.5, 0.6) is 5.88 Å². The number of benzene rings is 3. The first kappa shape index (κ1) is 43.0. The molecule has 0 spiro atoms. The van der Waals surface area contributed by atoms with E-state index in [4.69, 9.17) is 31.0 Å². The summed E-state index contributed by atoms with van der Waals surface area (Å²) in [4.78, 5) is 25.3. The molecule has 1 saturated heterocycles. The van der Waals surface area contributed by atoms with Crippen LogP contribution in [0.15, 0.2) is 79.4 Å². The Morgan fingerprint density at radius 3 is 2.49 bits per heavy atom. The number of hydrogen-bond donors (Lipinski definition) is 2. The van der Waals surface area contributed by atoms with Crippen LogP contribution in [0.3, 0.4) is 0 Å². The molecule has 0 radical (unpaired) electrons. The van der Waals surface area contributed by atoms with Crippen LogP contribution in [0.1, 0.15) is 86.9 Å². The second kappa shape index (κ2) is 19.9. The van der Waals surface area contributed by atoms with Gasteiger partial charge in [-0.05, 0) is 67.4 Å². The minimum absolute atomic E-state index is 0.0482. The van der Waals surface area contributed by atoms with E-state index in [0.29, 0.717) is 47.4 Å². The van der Waals surface area contributed by atoms with Gasteiger partial charge in [-0.15, -0.1) is 0 Å². The number of carbonyl (C=O) groups excluding carboxylic acids is 1. The first-order valence-electron chi connectivity index (χ1n) is 19.6. The predicted molar refractivity (Wildman–Crippen MR) is 228 cm³/mol. The van der Waals surface area contributed by atoms with Gasteiger partial charge in [0.05, 0.1) is 47.7 Å². The van der Waals surface area contributed by atoms with Gasteiger partial charge in [-0.25, -0.2) is 18.7 Å². The maximum Gasteiger partial charge on any atom is 0.255 e. The molecule has 0 bridgehead atoms. The lowest BCUT2D eigenvalue weighted by Gasteiger charge is -2.39. The molecule has 12 heteroatoms. The summed E-state index contributed by atoms with van der Waals surface area (Å²) >= 11 is 5.88. The molecule has 4 heterocycles. The number of amides is 1. The highest BCUT2D eigenvalue weighted by molar-refractivity contribution is 6.30. The number of imidazole rings is 1. The van der Waals surface area contributed by atoms with Crippen molar-refractivity contribution >= 4 is 51.6 Å². The number of anilines is 2. The van der Waals surface area contributed by atoms with Gasteiger partial charge in [-0.2, -0.15) is 0 Å². The van der Waals surface area contributed by atoms with Crippen LogP contribution in [0.2, 0.25) is 5.02 Å². The van der Waals surface area contributed by atoms with Gasteiger partial charge in [0.25, 0.3) is 5.91 Å². The lowest BCUT2D eigenvalue weighted by molar-refractivity contribution is -0.142. The van der Waals surface area contributed by atoms with Crippen LogP contribution in [0.4, 0.5) is 20.2 Å². The number of rotatable bonds is 12.